The van der Waals surface area contributed by atoms with Gasteiger partial charge < -0.3 is 10.6 Å². The van der Waals surface area contributed by atoms with E-state index >= 15 is 0 Å². The molecule has 1 amide bonds. The fraction of sp³-hybridized carbons (Fsp3) is 0.278. The van der Waals surface area contributed by atoms with E-state index in [4.69, 9.17) is 5.73 Å². The van der Waals surface area contributed by atoms with Gasteiger partial charge in [0, 0.05) is 31.4 Å². The highest BCUT2D eigenvalue weighted by Crippen LogP contribution is 2.30. The average Bonchev–Trinajstić information content (AvgIpc) is 3.00. The van der Waals surface area contributed by atoms with Gasteiger partial charge in [0.2, 0.25) is 15.9 Å². The van der Waals surface area contributed by atoms with Crippen molar-refractivity contribution in [2.45, 2.75) is 24.7 Å². The second kappa shape index (κ2) is 8.07. The maximum atomic E-state index is 12.5. The van der Waals surface area contributed by atoms with Gasteiger partial charge in [-0.15, -0.1) is 12.4 Å². The van der Waals surface area contributed by atoms with Gasteiger partial charge in [-0.3, -0.25) is 4.79 Å². The Morgan fingerprint density at radius 3 is 2.54 bits per heavy atom. The van der Waals surface area contributed by atoms with Crippen molar-refractivity contribution in [2.24, 2.45) is 0 Å². The van der Waals surface area contributed by atoms with Crippen molar-refractivity contribution < 1.29 is 13.2 Å². The lowest BCUT2D eigenvalue weighted by atomic mass is 10.1. The van der Waals surface area contributed by atoms with Crippen LogP contribution in [0.2, 0.25) is 0 Å². The van der Waals surface area contributed by atoms with Gasteiger partial charge in [0.25, 0.3) is 0 Å². The van der Waals surface area contributed by atoms with Crippen molar-refractivity contribution in [1.29, 1.82) is 0 Å². The molecule has 1 heterocycles. The number of amides is 1. The summed E-state index contributed by atoms with van der Waals surface area (Å²) < 4.78 is 27.6. The standard InChI is InChI=1S/C18H21N3O3S.ClH/c1-13(22)21-11-9-15-4-7-17(12-18(15)21)25(23,24)20-10-8-14-2-5-16(19)6-3-14;/h2-7,12,20H,8-11,19H2,1H3;1H. The van der Waals surface area contributed by atoms with E-state index in [1.54, 1.807) is 35.2 Å². The highest BCUT2D eigenvalue weighted by molar-refractivity contribution is 7.89. The smallest absolute Gasteiger partial charge is 0.240 e. The van der Waals surface area contributed by atoms with E-state index in [1.807, 2.05) is 12.1 Å². The molecular weight excluding hydrogens is 374 g/mol. The highest BCUT2D eigenvalue weighted by Gasteiger charge is 2.24. The summed E-state index contributed by atoms with van der Waals surface area (Å²) in [5, 5.41) is 0. The second-order valence-electron chi connectivity index (χ2n) is 6.10. The zero-order valence-corrected chi connectivity index (χ0v) is 16.1. The largest absolute Gasteiger partial charge is 0.399 e. The molecule has 8 heteroatoms. The van der Waals surface area contributed by atoms with Gasteiger partial charge in [0.15, 0.2) is 0 Å². The van der Waals surface area contributed by atoms with Crippen molar-refractivity contribution in [3.63, 3.8) is 0 Å². The SMILES string of the molecule is CC(=O)N1CCc2ccc(S(=O)(=O)NCCc3ccc(N)cc3)cc21.Cl. The van der Waals surface area contributed by atoms with Gasteiger partial charge in [-0.1, -0.05) is 18.2 Å². The summed E-state index contributed by atoms with van der Waals surface area (Å²) in [6.07, 6.45) is 1.32. The molecule has 0 unspecified atom stereocenters. The summed E-state index contributed by atoms with van der Waals surface area (Å²) in [7, 11) is -3.62. The van der Waals surface area contributed by atoms with Gasteiger partial charge in [0.1, 0.15) is 0 Å². The number of sulfonamides is 1. The molecule has 2 aromatic rings. The number of hydrogen-bond donors (Lipinski definition) is 2. The summed E-state index contributed by atoms with van der Waals surface area (Å²) in [6, 6.07) is 12.3. The number of carbonyl (C=O) groups is 1. The van der Waals surface area contributed by atoms with Crippen molar-refractivity contribution in [3.05, 3.63) is 53.6 Å². The van der Waals surface area contributed by atoms with E-state index in [-0.39, 0.29) is 23.2 Å². The van der Waals surface area contributed by atoms with Crippen LogP contribution in [0.3, 0.4) is 0 Å². The Bertz CT molecular complexity index is 898. The van der Waals surface area contributed by atoms with Crippen LogP contribution in [0.15, 0.2) is 47.4 Å². The molecule has 2 aromatic carbocycles. The van der Waals surface area contributed by atoms with Crippen molar-refractivity contribution in [2.75, 3.05) is 23.7 Å². The van der Waals surface area contributed by atoms with Crippen LogP contribution in [0.1, 0.15) is 18.1 Å². The quantitative estimate of drug-likeness (QED) is 0.758. The Balaban J connectivity index is 0.00000243. The summed E-state index contributed by atoms with van der Waals surface area (Å²) in [5.41, 5.74) is 9.01. The molecule has 0 saturated carbocycles. The van der Waals surface area contributed by atoms with Crippen LogP contribution in [0.5, 0.6) is 0 Å². The molecule has 0 aliphatic carbocycles. The average molecular weight is 396 g/mol. The number of nitrogens with two attached hydrogens (primary N) is 1. The first kappa shape index (κ1) is 20.2. The molecule has 1 aliphatic heterocycles. The summed E-state index contributed by atoms with van der Waals surface area (Å²) >= 11 is 0. The van der Waals surface area contributed by atoms with E-state index in [1.165, 1.54) is 6.92 Å². The van der Waals surface area contributed by atoms with Crippen LogP contribution in [-0.4, -0.2) is 27.4 Å². The Labute approximate surface area is 159 Å². The number of halogens is 1. The van der Waals surface area contributed by atoms with E-state index in [0.29, 0.717) is 30.9 Å². The number of rotatable bonds is 5. The second-order valence-corrected chi connectivity index (χ2v) is 7.87. The molecular formula is C18H22ClN3O3S. The third-order valence-electron chi connectivity index (χ3n) is 4.33. The van der Waals surface area contributed by atoms with Gasteiger partial charge in [0.05, 0.1) is 4.90 Å². The maximum absolute atomic E-state index is 12.5. The van der Waals surface area contributed by atoms with Gasteiger partial charge in [-0.25, -0.2) is 13.1 Å². The zero-order valence-electron chi connectivity index (χ0n) is 14.4. The Morgan fingerprint density at radius 2 is 1.88 bits per heavy atom. The first-order valence-electron chi connectivity index (χ1n) is 8.12. The van der Waals surface area contributed by atoms with E-state index in [0.717, 1.165) is 17.5 Å². The Kier molecular flexibility index (Phi) is 6.28. The number of nitrogen functional groups attached to an aromatic ring is 1. The van der Waals surface area contributed by atoms with E-state index in [9.17, 15) is 13.2 Å². The van der Waals surface area contributed by atoms with Crippen LogP contribution in [-0.2, 0) is 27.7 Å². The predicted octanol–water partition coefficient (Wildman–Crippen LogP) is 2.12. The first-order valence-corrected chi connectivity index (χ1v) is 9.60. The Morgan fingerprint density at radius 1 is 1.19 bits per heavy atom. The third kappa shape index (κ3) is 4.35. The topological polar surface area (TPSA) is 92.5 Å². The molecule has 1 aliphatic rings. The monoisotopic (exact) mass is 395 g/mol. The van der Waals surface area contributed by atoms with Gasteiger partial charge >= 0.3 is 0 Å². The molecule has 0 spiro atoms. The summed E-state index contributed by atoms with van der Waals surface area (Å²) in [5.74, 6) is -0.0791. The van der Waals surface area contributed by atoms with Crippen LogP contribution in [0.4, 0.5) is 11.4 Å². The molecule has 0 atom stereocenters. The van der Waals surface area contributed by atoms with Crippen molar-refractivity contribution >= 4 is 39.7 Å². The minimum atomic E-state index is -3.62. The Hall–Kier alpha value is -2.09. The van der Waals surface area contributed by atoms with Gasteiger partial charge in [-0.2, -0.15) is 0 Å². The molecule has 3 N–H and O–H groups in total. The van der Waals surface area contributed by atoms with Gasteiger partial charge in [-0.05, 0) is 48.2 Å². The summed E-state index contributed by atoms with van der Waals surface area (Å²) in [6.45, 7) is 2.37. The first-order chi connectivity index (χ1) is 11.9. The maximum Gasteiger partial charge on any atom is 0.240 e. The molecule has 0 radical (unpaired) electrons. The molecule has 140 valence electrons. The lowest BCUT2D eigenvalue weighted by Gasteiger charge is -2.16. The summed E-state index contributed by atoms with van der Waals surface area (Å²) in [4.78, 5) is 13.5. The number of carbonyl (C=O) groups excluding carboxylic acids is 1. The number of benzene rings is 2. The number of fused-ring (bicyclic) bond motifs is 1. The highest BCUT2D eigenvalue weighted by atomic mass is 35.5. The molecule has 0 bridgehead atoms. The fourth-order valence-electron chi connectivity index (χ4n) is 2.95. The molecule has 26 heavy (non-hydrogen) atoms. The number of anilines is 2. The van der Waals surface area contributed by atoms with Crippen LogP contribution in [0, 0.1) is 0 Å². The van der Waals surface area contributed by atoms with E-state index in [2.05, 4.69) is 4.72 Å². The fourth-order valence-corrected chi connectivity index (χ4v) is 4.00. The molecule has 0 fully saturated rings. The minimum Gasteiger partial charge on any atom is -0.399 e. The van der Waals surface area contributed by atoms with Crippen LogP contribution in [0.25, 0.3) is 0 Å². The minimum absolute atomic E-state index is 0. The lowest BCUT2D eigenvalue weighted by molar-refractivity contribution is -0.116. The van der Waals surface area contributed by atoms with Crippen molar-refractivity contribution in [3.8, 4) is 0 Å². The number of nitrogens with zero attached hydrogens (tertiary/aromatic N) is 1. The number of hydrogen-bond acceptors (Lipinski definition) is 4. The van der Waals surface area contributed by atoms with Crippen molar-refractivity contribution in [1.82, 2.24) is 4.72 Å². The van der Waals surface area contributed by atoms with Crippen LogP contribution < -0.4 is 15.4 Å². The molecule has 3 rings (SSSR count). The normalized spacial score (nSPS) is 13.2. The number of nitrogens with one attached hydrogen (secondary N) is 1. The predicted molar refractivity (Wildman–Crippen MR) is 105 cm³/mol. The third-order valence-corrected chi connectivity index (χ3v) is 5.79. The zero-order chi connectivity index (χ0) is 18.0. The lowest BCUT2D eigenvalue weighted by Crippen LogP contribution is -2.27. The van der Waals surface area contributed by atoms with E-state index < -0.39 is 10.0 Å². The molecule has 0 aromatic heterocycles. The molecule has 0 saturated heterocycles. The molecule has 6 nitrogen and oxygen atoms in total. The van der Waals surface area contributed by atoms with Crippen LogP contribution >= 0.6 is 12.4 Å².